The first-order valence-electron chi connectivity index (χ1n) is 9.96. The second-order valence-electron chi connectivity index (χ2n) is 6.94. The van der Waals surface area contributed by atoms with Crippen molar-refractivity contribution in [1.82, 2.24) is 4.57 Å². The van der Waals surface area contributed by atoms with Crippen LogP contribution in [0.25, 0.3) is 11.8 Å². The standard InChI is InChI=1S/C25H25N3O3/c1-5-31-24-8-6-7-21(15-24)27-25(29)20(16-26)14-19-13-17(2)28(18(19)3)22-9-11-23(30-4)12-10-22/h6-15H,5H2,1-4H3,(H,27,29). The van der Waals surface area contributed by atoms with E-state index in [0.717, 1.165) is 28.4 Å². The van der Waals surface area contributed by atoms with Gasteiger partial charge in [-0.15, -0.1) is 0 Å². The zero-order chi connectivity index (χ0) is 22.4. The third-order valence-corrected chi connectivity index (χ3v) is 4.87. The van der Waals surface area contributed by atoms with Crippen LogP contribution in [0.15, 0.2) is 60.2 Å². The van der Waals surface area contributed by atoms with E-state index in [1.54, 1.807) is 31.4 Å². The van der Waals surface area contributed by atoms with E-state index < -0.39 is 5.91 Å². The van der Waals surface area contributed by atoms with Crippen molar-refractivity contribution >= 4 is 17.7 Å². The molecule has 3 rings (SSSR count). The molecule has 1 N–H and O–H groups in total. The number of hydrogen-bond donors (Lipinski definition) is 1. The molecule has 2 aromatic carbocycles. The average Bonchev–Trinajstić information content (AvgIpc) is 3.05. The third-order valence-electron chi connectivity index (χ3n) is 4.87. The molecule has 31 heavy (non-hydrogen) atoms. The molecule has 0 radical (unpaired) electrons. The van der Waals surface area contributed by atoms with Crippen molar-refractivity contribution in [3.63, 3.8) is 0 Å². The molecule has 0 bridgehead atoms. The van der Waals surface area contributed by atoms with Crippen molar-refractivity contribution in [1.29, 1.82) is 5.26 Å². The van der Waals surface area contributed by atoms with Crippen molar-refractivity contribution in [3.05, 3.63) is 77.1 Å². The van der Waals surface area contributed by atoms with Gasteiger partial charge >= 0.3 is 0 Å². The van der Waals surface area contributed by atoms with Crippen LogP contribution in [0.3, 0.4) is 0 Å². The van der Waals surface area contributed by atoms with Crippen molar-refractivity contribution in [2.24, 2.45) is 0 Å². The Balaban J connectivity index is 1.87. The van der Waals surface area contributed by atoms with Crippen LogP contribution in [0, 0.1) is 25.2 Å². The number of nitrogens with one attached hydrogen (secondary N) is 1. The van der Waals surface area contributed by atoms with Gasteiger partial charge in [-0.2, -0.15) is 5.26 Å². The maximum absolute atomic E-state index is 12.7. The molecule has 0 aliphatic rings. The second kappa shape index (κ2) is 9.68. The number of carbonyl (C=O) groups is 1. The molecule has 6 nitrogen and oxygen atoms in total. The summed E-state index contributed by atoms with van der Waals surface area (Å²) in [6, 6.07) is 18.8. The average molecular weight is 415 g/mol. The summed E-state index contributed by atoms with van der Waals surface area (Å²) in [5.41, 5.74) is 4.31. The largest absolute Gasteiger partial charge is 0.497 e. The van der Waals surface area contributed by atoms with Gasteiger partial charge in [-0.3, -0.25) is 4.79 Å². The minimum Gasteiger partial charge on any atom is -0.497 e. The van der Waals surface area contributed by atoms with Gasteiger partial charge < -0.3 is 19.4 Å². The van der Waals surface area contributed by atoms with Crippen molar-refractivity contribution in [3.8, 4) is 23.3 Å². The summed E-state index contributed by atoms with van der Waals surface area (Å²) >= 11 is 0. The number of nitriles is 1. The Morgan fingerprint density at radius 1 is 1.13 bits per heavy atom. The van der Waals surface area contributed by atoms with Crippen LogP contribution in [-0.4, -0.2) is 24.2 Å². The summed E-state index contributed by atoms with van der Waals surface area (Å²) in [6.07, 6.45) is 1.62. The van der Waals surface area contributed by atoms with Crippen LogP contribution in [0.2, 0.25) is 0 Å². The molecular formula is C25H25N3O3. The van der Waals surface area contributed by atoms with Gasteiger partial charge in [0.1, 0.15) is 23.1 Å². The monoisotopic (exact) mass is 415 g/mol. The predicted octanol–water partition coefficient (Wildman–Crippen LogP) is 5.05. The lowest BCUT2D eigenvalue weighted by molar-refractivity contribution is -0.112. The van der Waals surface area contributed by atoms with Gasteiger partial charge in [-0.1, -0.05) is 6.07 Å². The van der Waals surface area contributed by atoms with Gasteiger partial charge in [0.2, 0.25) is 0 Å². The zero-order valence-electron chi connectivity index (χ0n) is 18.1. The number of nitrogens with zero attached hydrogens (tertiary/aromatic N) is 2. The summed E-state index contributed by atoms with van der Waals surface area (Å²) in [5.74, 6) is 0.972. The highest BCUT2D eigenvalue weighted by Crippen LogP contribution is 2.25. The Morgan fingerprint density at radius 2 is 1.87 bits per heavy atom. The molecule has 0 saturated carbocycles. The smallest absolute Gasteiger partial charge is 0.266 e. The maximum Gasteiger partial charge on any atom is 0.266 e. The summed E-state index contributed by atoms with van der Waals surface area (Å²) < 4.78 is 12.8. The topological polar surface area (TPSA) is 76.3 Å². The lowest BCUT2D eigenvalue weighted by Crippen LogP contribution is -2.13. The van der Waals surface area contributed by atoms with E-state index >= 15 is 0 Å². The number of benzene rings is 2. The number of amides is 1. The highest BCUT2D eigenvalue weighted by Gasteiger charge is 2.14. The van der Waals surface area contributed by atoms with Gasteiger partial charge in [0, 0.05) is 28.8 Å². The van der Waals surface area contributed by atoms with E-state index in [2.05, 4.69) is 9.88 Å². The molecule has 158 valence electrons. The van der Waals surface area contributed by atoms with Crippen LogP contribution >= 0.6 is 0 Å². The van der Waals surface area contributed by atoms with Crippen LogP contribution in [-0.2, 0) is 4.79 Å². The minimum atomic E-state index is -0.467. The summed E-state index contributed by atoms with van der Waals surface area (Å²) in [4.78, 5) is 12.7. The molecule has 0 atom stereocenters. The molecular weight excluding hydrogens is 390 g/mol. The second-order valence-corrected chi connectivity index (χ2v) is 6.94. The number of anilines is 1. The summed E-state index contributed by atoms with van der Waals surface area (Å²) in [7, 11) is 1.63. The quantitative estimate of drug-likeness (QED) is 0.433. The van der Waals surface area contributed by atoms with E-state index in [1.807, 2.05) is 63.2 Å². The predicted molar refractivity (Wildman–Crippen MR) is 122 cm³/mol. The Bertz CT molecular complexity index is 1150. The fraction of sp³-hybridized carbons (Fsp3) is 0.200. The molecule has 3 aromatic rings. The van der Waals surface area contributed by atoms with Crippen LogP contribution in [0.1, 0.15) is 23.9 Å². The molecule has 1 heterocycles. The van der Waals surface area contributed by atoms with Crippen LogP contribution in [0.4, 0.5) is 5.69 Å². The summed E-state index contributed by atoms with van der Waals surface area (Å²) in [6.45, 7) is 6.37. The molecule has 6 heteroatoms. The Kier molecular flexibility index (Phi) is 6.78. The van der Waals surface area contributed by atoms with E-state index in [0.29, 0.717) is 18.0 Å². The molecule has 0 unspecified atom stereocenters. The number of carbonyl (C=O) groups excluding carboxylic acids is 1. The Labute approximate surface area is 182 Å². The molecule has 0 aliphatic carbocycles. The van der Waals surface area contributed by atoms with Gasteiger partial charge in [-0.05, 0) is 74.9 Å². The summed E-state index contributed by atoms with van der Waals surface area (Å²) in [5, 5.41) is 12.4. The van der Waals surface area contributed by atoms with Gasteiger partial charge in [-0.25, -0.2) is 0 Å². The SMILES string of the molecule is CCOc1cccc(NC(=O)C(C#N)=Cc2cc(C)n(-c3ccc(OC)cc3)c2C)c1. The molecule has 1 aromatic heterocycles. The molecule has 0 saturated heterocycles. The number of hydrogen-bond acceptors (Lipinski definition) is 4. The third kappa shape index (κ3) is 4.96. The molecule has 0 spiro atoms. The molecule has 0 aliphatic heterocycles. The number of rotatable bonds is 7. The van der Waals surface area contributed by atoms with E-state index in [4.69, 9.17) is 9.47 Å². The van der Waals surface area contributed by atoms with Crippen LogP contribution in [0.5, 0.6) is 11.5 Å². The van der Waals surface area contributed by atoms with E-state index in [9.17, 15) is 10.1 Å². The van der Waals surface area contributed by atoms with E-state index in [-0.39, 0.29) is 5.57 Å². The number of methoxy groups -OCH3 is 1. The first-order chi connectivity index (χ1) is 15.0. The van der Waals surface area contributed by atoms with Crippen molar-refractivity contribution in [2.45, 2.75) is 20.8 Å². The Hall–Kier alpha value is -3.98. The van der Waals surface area contributed by atoms with Crippen LogP contribution < -0.4 is 14.8 Å². The molecule has 0 fully saturated rings. The highest BCUT2D eigenvalue weighted by atomic mass is 16.5. The van der Waals surface area contributed by atoms with Gasteiger partial charge in [0.25, 0.3) is 5.91 Å². The molecule has 1 amide bonds. The lowest BCUT2D eigenvalue weighted by Gasteiger charge is -2.10. The highest BCUT2D eigenvalue weighted by molar-refractivity contribution is 6.09. The zero-order valence-corrected chi connectivity index (χ0v) is 18.1. The van der Waals surface area contributed by atoms with Gasteiger partial charge in [0.05, 0.1) is 13.7 Å². The Morgan fingerprint density at radius 3 is 2.52 bits per heavy atom. The fourth-order valence-corrected chi connectivity index (χ4v) is 3.40. The van der Waals surface area contributed by atoms with Gasteiger partial charge in [0.15, 0.2) is 0 Å². The van der Waals surface area contributed by atoms with Crippen molar-refractivity contribution < 1.29 is 14.3 Å². The number of aryl methyl sites for hydroxylation is 1. The fourth-order valence-electron chi connectivity index (χ4n) is 3.40. The van der Waals surface area contributed by atoms with E-state index in [1.165, 1.54) is 0 Å². The normalized spacial score (nSPS) is 11.0. The number of ether oxygens (including phenoxy) is 2. The minimum absolute atomic E-state index is 0.0248. The first-order valence-corrected chi connectivity index (χ1v) is 9.96. The number of aromatic nitrogens is 1. The maximum atomic E-state index is 12.7. The van der Waals surface area contributed by atoms with Crippen molar-refractivity contribution in [2.75, 3.05) is 19.0 Å². The lowest BCUT2D eigenvalue weighted by atomic mass is 10.1. The first kappa shape index (κ1) is 21.7.